The van der Waals surface area contributed by atoms with E-state index in [1.54, 1.807) is 6.07 Å². The van der Waals surface area contributed by atoms with Gasteiger partial charge in [0.1, 0.15) is 6.61 Å². The molecule has 0 fully saturated rings. The van der Waals surface area contributed by atoms with Gasteiger partial charge in [0.2, 0.25) is 0 Å². The highest BCUT2D eigenvalue weighted by molar-refractivity contribution is 5.26. The van der Waals surface area contributed by atoms with E-state index in [1.165, 1.54) is 12.3 Å². The third kappa shape index (κ3) is 4.36. The Balaban J connectivity index is 2.39. The fourth-order valence-electron chi connectivity index (χ4n) is 1.40. The van der Waals surface area contributed by atoms with Gasteiger partial charge in [-0.3, -0.25) is 0 Å². The molecule has 0 saturated carbocycles. The topological polar surface area (TPSA) is 68.5 Å². The molecule has 1 heterocycles. The largest absolute Gasteiger partial charge is 0.488 e. The van der Waals surface area contributed by atoms with Gasteiger partial charge in [-0.15, -0.1) is 0 Å². The third-order valence-corrected chi connectivity index (χ3v) is 2.48. The molecule has 0 aliphatic rings. The first kappa shape index (κ1) is 13.4. The molecule has 6 heteroatoms. The second kappa shape index (κ2) is 6.80. The first-order chi connectivity index (χ1) is 8.17. The first-order valence-electron chi connectivity index (χ1n) is 5.63. The monoisotopic (exact) mass is 239 g/mol. The molecule has 1 aromatic heterocycles. The van der Waals surface area contributed by atoms with Gasteiger partial charge in [0.15, 0.2) is 11.9 Å². The van der Waals surface area contributed by atoms with Crippen LogP contribution in [0.5, 0.6) is 5.75 Å². The van der Waals surface area contributed by atoms with Gasteiger partial charge in [-0.1, -0.05) is 13.8 Å². The molecule has 6 nitrogen and oxygen atoms in total. The Morgan fingerprint density at radius 2 is 2.12 bits per heavy atom. The van der Waals surface area contributed by atoms with Crippen LogP contribution >= 0.6 is 0 Å². The molecule has 0 aliphatic carbocycles. The lowest BCUT2D eigenvalue weighted by Gasteiger charge is -2.17. The summed E-state index contributed by atoms with van der Waals surface area (Å²) < 4.78 is 5.45. The maximum Gasteiger partial charge on any atom is 0.363 e. The Kier molecular flexibility index (Phi) is 5.35. The zero-order valence-electron chi connectivity index (χ0n) is 10.1. The average Bonchev–Trinajstić information content (AvgIpc) is 2.35. The van der Waals surface area contributed by atoms with E-state index in [2.05, 4.69) is 23.7 Å². The highest BCUT2D eigenvalue weighted by atomic mass is 16.6. The Morgan fingerprint density at radius 3 is 2.59 bits per heavy atom. The number of rotatable bonds is 7. The van der Waals surface area contributed by atoms with Crippen LogP contribution in [0.3, 0.4) is 0 Å². The number of aromatic nitrogens is 1. The van der Waals surface area contributed by atoms with Crippen molar-refractivity contribution in [1.82, 2.24) is 9.88 Å². The minimum Gasteiger partial charge on any atom is -0.488 e. The molecule has 1 aromatic rings. The van der Waals surface area contributed by atoms with Crippen LogP contribution in [0.2, 0.25) is 0 Å². The lowest BCUT2D eigenvalue weighted by molar-refractivity contribution is -0.389. The van der Waals surface area contributed by atoms with Crippen molar-refractivity contribution in [3.05, 3.63) is 28.4 Å². The average molecular weight is 239 g/mol. The SMILES string of the molecule is CCN(CC)CCOc1ccc([N+](=O)[O-])nc1. The molecule has 0 aromatic carbocycles. The van der Waals surface area contributed by atoms with Gasteiger partial charge in [0.25, 0.3) is 0 Å². The standard InChI is InChI=1S/C11H17N3O3/c1-3-13(4-2)7-8-17-10-5-6-11(12-9-10)14(15)16/h5-6,9H,3-4,7-8H2,1-2H3. The van der Waals surface area contributed by atoms with E-state index in [4.69, 9.17) is 4.74 Å². The molecule has 0 unspecified atom stereocenters. The predicted molar refractivity (Wildman–Crippen MR) is 64.2 cm³/mol. The second-order valence-electron chi connectivity index (χ2n) is 3.48. The number of nitro groups is 1. The van der Waals surface area contributed by atoms with Crippen LogP contribution in [-0.4, -0.2) is 41.0 Å². The Labute approximate surface area is 100 Å². The van der Waals surface area contributed by atoms with Crippen molar-refractivity contribution in [2.24, 2.45) is 0 Å². The summed E-state index contributed by atoms with van der Waals surface area (Å²) in [5.74, 6) is 0.392. The molecule has 0 bridgehead atoms. The van der Waals surface area contributed by atoms with Crippen molar-refractivity contribution in [3.8, 4) is 5.75 Å². The van der Waals surface area contributed by atoms with E-state index in [9.17, 15) is 10.1 Å². The Hall–Kier alpha value is -1.69. The van der Waals surface area contributed by atoms with E-state index in [-0.39, 0.29) is 5.82 Å². The minimum atomic E-state index is -0.528. The number of ether oxygens (including phenoxy) is 1. The van der Waals surface area contributed by atoms with Crippen LogP contribution in [0.1, 0.15) is 13.8 Å². The first-order valence-corrected chi connectivity index (χ1v) is 5.63. The van der Waals surface area contributed by atoms with Gasteiger partial charge in [-0.25, -0.2) is 0 Å². The summed E-state index contributed by atoms with van der Waals surface area (Å²) in [6, 6.07) is 2.90. The molecule has 94 valence electrons. The van der Waals surface area contributed by atoms with Gasteiger partial charge in [0, 0.05) is 12.6 Å². The molecular weight excluding hydrogens is 222 g/mol. The number of likely N-dealkylation sites (N-methyl/N-ethyl adjacent to an activating group) is 1. The van der Waals surface area contributed by atoms with E-state index < -0.39 is 4.92 Å². The fraction of sp³-hybridized carbons (Fsp3) is 0.545. The zero-order chi connectivity index (χ0) is 12.7. The van der Waals surface area contributed by atoms with E-state index >= 15 is 0 Å². The summed E-state index contributed by atoms with van der Waals surface area (Å²) in [6.07, 6.45) is 1.38. The summed E-state index contributed by atoms with van der Waals surface area (Å²) in [5.41, 5.74) is 0. The van der Waals surface area contributed by atoms with Crippen molar-refractivity contribution < 1.29 is 9.66 Å². The van der Waals surface area contributed by atoms with E-state index in [1.807, 2.05) is 0 Å². The smallest absolute Gasteiger partial charge is 0.363 e. The molecule has 1 rings (SSSR count). The summed E-state index contributed by atoms with van der Waals surface area (Å²) in [7, 11) is 0. The highest BCUT2D eigenvalue weighted by Gasteiger charge is 2.07. The minimum absolute atomic E-state index is 0.166. The van der Waals surface area contributed by atoms with Crippen LogP contribution < -0.4 is 4.74 Å². The molecule has 17 heavy (non-hydrogen) atoms. The second-order valence-corrected chi connectivity index (χ2v) is 3.48. The number of nitrogens with zero attached hydrogens (tertiary/aromatic N) is 3. The van der Waals surface area contributed by atoms with Crippen LogP contribution in [0.4, 0.5) is 5.82 Å². The third-order valence-electron chi connectivity index (χ3n) is 2.48. The predicted octanol–water partition coefficient (Wildman–Crippen LogP) is 1.71. The van der Waals surface area contributed by atoms with Crippen molar-refractivity contribution in [1.29, 1.82) is 0 Å². The number of hydrogen-bond acceptors (Lipinski definition) is 5. The Bertz CT molecular complexity index is 349. The lowest BCUT2D eigenvalue weighted by atomic mass is 10.4. The van der Waals surface area contributed by atoms with Crippen molar-refractivity contribution in [3.63, 3.8) is 0 Å². The molecule has 0 aliphatic heterocycles. The van der Waals surface area contributed by atoms with Gasteiger partial charge in [-0.05, 0) is 29.1 Å². The number of hydrogen-bond donors (Lipinski definition) is 0. The summed E-state index contributed by atoms with van der Waals surface area (Å²) in [6.45, 7) is 7.55. The molecule has 0 amide bonds. The number of pyridine rings is 1. The van der Waals surface area contributed by atoms with Gasteiger partial charge < -0.3 is 19.8 Å². The molecule has 0 atom stereocenters. The molecule has 0 radical (unpaired) electrons. The summed E-state index contributed by atoms with van der Waals surface area (Å²) >= 11 is 0. The Morgan fingerprint density at radius 1 is 1.41 bits per heavy atom. The van der Waals surface area contributed by atoms with Crippen molar-refractivity contribution in [2.75, 3.05) is 26.2 Å². The molecule has 0 N–H and O–H groups in total. The fourth-order valence-corrected chi connectivity index (χ4v) is 1.40. The maximum atomic E-state index is 10.4. The molecule has 0 spiro atoms. The van der Waals surface area contributed by atoms with Crippen molar-refractivity contribution >= 4 is 5.82 Å². The summed E-state index contributed by atoms with van der Waals surface area (Å²) in [4.78, 5) is 15.8. The van der Waals surface area contributed by atoms with Crippen LogP contribution in [0.25, 0.3) is 0 Å². The highest BCUT2D eigenvalue weighted by Crippen LogP contribution is 2.13. The summed E-state index contributed by atoms with van der Waals surface area (Å²) in [5, 5.41) is 10.4. The normalized spacial score (nSPS) is 10.5. The zero-order valence-corrected chi connectivity index (χ0v) is 10.1. The van der Waals surface area contributed by atoms with Crippen LogP contribution in [-0.2, 0) is 0 Å². The van der Waals surface area contributed by atoms with Crippen LogP contribution in [0.15, 0.2) is 18.3 Å². The van der Waals surface area contributed by atoms with Gasteiger partial charge >= 0.3 is 5.82 Å². The van der Waals surface area contributed by atoms with Crippen LogP contribution in [0, 0.1) is 10.1 Å². The van der Waals surface area contributed by atoms with Crippen molar-refractivity contribution in [2.45, 2.75) is 13.8 Å². The van der Waals surface area contributed by atoms with E-state index in [0.717, 1.165) is 19.6 Å². The lowest BCUT2D eigenvalue weighted by Crippen LogP contribution is -2.27. The van der Waals surface area contributed by atoms with Gasteiger partial charge in [0.05, 0.1) is 0 Å². The molecular formula is C11H17N3O3. The van der Waals surface area contributed by atoms with Gasteiger partial charge in [-0.2, -0.15) is 0 Å². The van der Waals surface area contributed by atoms with E-state index in [0.29, 0.717) is 12.4 Å². The molecule has 0 saturated heterocycles. The quantitative estimate of drug-likeness (QED) is 0.535. The maximum absolute atomic E-state index is 10.4.